The molecule has 0 aromatic heterocycles. The second kappa shape index (κ2) is 7.10. The monoisotopic (exact) mass is 340 g/mol. The first kappa shape index (κ1) is 17.4. The highest BCUT2D eigenvalue weighted by Gasteiger charge is 2.34. The topological polar surface area (TPSA) is 95.0 Å². The van der Waals surface area contributed by atoms with Crippen LogP contribution in [0.25, 0.3) is 0 Å². The van der Waals surface area contributed by atoms with E-state index in [1.54, 1.807) is 18.2 Å². The van der Waals surface area contributed by atoms with Crippen molar-refractivity contribution in [3.05, 3.63) is 30.3 Å². The van der Waals surface area contributed by atoms with Gasteiger partial charge < -0.3 is 10.0 Å². The van der Waals surface area contributed by atoms with Crippen molar-refractivity contribution in [1.29, 1.82) is 0 Å². The molecule has 1 aromatic rings. The zero-order chi connectivity index (χ0) is 17.0. The van der Waals surface area contributed by atoms with E-state index in [2.05, 4.69) is 0 Å². The smallest absolute Gasteiger partial charge is 0.323 e. The number of rotatable bonds is 5. The first-order valence-electron chi connectivity index (χ1n) is 7.34. The van der Waals surface area contributed by atoms with Crippen LogP contribution in [-0.2, 0) is 19.6 Å². The Morgan fingerprint density at radius 2 is 1.96 bits per heavy atom. The van der Waals surface area contributed by atoms with Gasteiger partial charge in [0.05, 0.1) is 10.8 Å². The summed E-state index contributed by atoms with van der Waals surface area (Å²) < 4.78 is 26.5. The number of hydrogen-bond acceptors (Lipinski definition) is 4. The standard InChI is InChI=1S/C15H20N2O5S/c1-16(11-14(18)19)15(20)12-6-5-9-17(10-12)23(21,22)13-7-3-2-4-8-13/h2-4,7-8,12H,5-6,9-11H2,1H3,(H,18,19). The molecule has 1 unspecified atom stereocenters. The van der Waals surface area contributed by atoms with Crippen molar-refractivity contribution in [2.24, 2.45) is 5.92 Å². The average molecular weight is 340 g/mol. The maximum atomic E-state index is 12.6. The molecule has 1 aliphatic heterocycles. The van der Waals surface area contributed by atoms with E-state index in [4.69, 9.17) is 5.11 Å². The number of aliphatic carboxylic acids is 1. The maximum absolute atomic E-state index is 12.6. The summed E-state index contributed by atoms with van der Waals surface area (Å²) in [5.74, 6) is -1.93. The summed E-state index contributed by atoms with van der Waals surface area (Å²) in [6.07, 6.45) is 1.13. The van der Waals surface area contributed by atoms with E-state index in [1.165, 1.54) is 23.5 Å². The second-order valence-corrected chi connectivity index (χ2v) is 7.54. The molecule has 2 rings (SSSR count). The van der Waals surface area contributed by atoms with Gasteiger partial charge in [0, 0.05) is 20.1 Å². The van der Waals surface area contributed by atoms with Gasteiger partial charge in [0.2, 0.25) is 15.9 Å². The van der Waals surface area contributed by atoms with Gasteiger partial charge in [-0.25, -0.2) is 8.42 Å². The molecule has 1 fully saturated rings. The molecular weight excluding hydrogens is 320 g/mol. The van der Waals surface area contributed by atoms with Gasteiger partial charge in [-0.15, -0.1) is 0 Å². The molecule has 0 aliphatic carbocycles. The van der Waals surface area contributed by atoms with Gasteiger partial charge in [-0.05, 0) is 25.0 Å². The fourth-order valence-corrected chi connectivity index (χ4v) is 4.24. The summed E-state index contributed by atoms with van der Waals surface area (Å²) in [5, 5.41) is 8.76. The first-order valence-corrected chi connectivity index (χ1v) is 8.78. The number of piperidine rings is 1. The summed E-state index contributed by atoms with van der Waals surface area (Å²) in [6.45, 7) is 0.0600. The largest absolute Gasteiger partial charge is 0.480 e. The molecule has 1 N–H and O–H groups in total. The van der Waals surface area contributed by atoms with Crippen LogP contribution in [0.1, 0.15) is 12.8 Å². The van der Waals surface area contributed by atoms with Gasteiger partial charge in [0.1, 0.15) is 6.54 Å². The molecule has 8 heteroatoms. The Bertz CT molecular complexity index is 674. The van der Waals surface area contributed by atoms with E-state index < -0.39 is 21.9 Å². The SMILES string of the molecule is CN(CC(=O)O)C(=O)C1CCCN(S(=O)(=O)c2ccccc2)C1. The molecule has 23 heavy (non-hydrogen) atoms. The summed E-state index contributed by atoms with van der Waals surface area (Å²) in [4.78, 5) is 24.3. The van der Waals surface area contributed by atoms with Crippen molar-refractivity contribution in [3.63, 3.8) is 0 Å². The van der Waals surface area contributed by atoms with E-state index in [0.29, 0.717) is 19.4 Å². The number of nitrogens with zero attached hydrogens (tertiary/aromatic N) is 2. The van der Waals surface area contributed by atoms with E-state index in [1.807, 2.05) is 0 Å². The Morgan fingerprint density at radius 3 is 2.57 bits per heavy atom. The van der Waals surface area contributed by atoms with Crippen LogP contribution < -0.4 is 0 Å². The molecule has 1 amide bonds. The number of likely N-dealkylation sites (N-methyl/N-ethyl adjacent to an activating group) is 1. The van der Waals surface area contributed by atoms with Crippen molar-refractivity contribution < 1.29 is 23.1 Å². The van der Waals surface area contributed by atoms with Gasteiger partial charge in [-0.3, -0.25) is 9.59 Å². The van der Waals surface area contributed by atoms with E-state index in [-0.39, 0.29) is 23.9 Å². The van der Waals surface area contributed by atoms with Crippen molar-refractivity contribution in [3.8, 4) is 0 Å². The minimum atomic E-state index is -3.63. The van der Waals surface area contributed by atoms with Gasteiger partial charge >= 0.3 is 5.97 Å². The minimum absolute atomic E-state index is 0.0834. The highest BCUT2D eigenvalue weighted by molar-refractivity contribution is 7.89. The molecule has 1 aromatic carbocycles. The normalized spacial score (nSPS) is 19.3. The second-order valence-electron chi connectivity index (χ2n) is 5.60. The molecule has 1 atom stereocenters. The van der Waals surface area contributed by atoms with Crippen molar-refractivity contribution in [2.45, 2.75) is 17.7 Å². The lowest BCUT2D eigenvalue weighted by Crippen LogP contribution is -2.46. The summed E-state index contributed by atoms with van der Waals surface area (Å²) >= 11 is 0. The third kappa shape index (κ3) is 4.08. The highest BCUT2D eigenvalue weighted by atomic mass is 32.2. The molecular formula is C15H20N2O5S. The molecule has 1 saturated heterocycles. The molecule has 0 radical (unpaired) electrons. The summed E-state index contributed by atoms with van der Waals surface area (Å²) in [5.41, 5.74) is 0. The van der Waals surface area contributed by atoms with Crippen LogP contribution in [-0.4, -0.2) is 61.3 Å². The molecule has 0 bridgehead atoms. The number of benzene rings is 1. The zero-order valence-corrected chi connectivity index (χ0v) is 13.7. The van der Waals surface area contributed by atoms with Crippen LogP contribution in [0.4, 0.5) is 0 Å². The number of carboxylic acids is 1. The quantitative estimate of drug-likeness (QED) is 0.848. The van der Waals surface area contributed by atoms with E-state index in [0.717, 1.165) is 4.90 Å². The van der Waals surface area contributed by atoms with Gasteiger partial charge in [0.15, 0.2) is 0 Å². The van der Waals surface area contributed by atoms with Gasteiger partial charge in [-0.1, -0.05) is 18.2 Å². The number of amides is 1. The average Bonchev–Trinajstić information content (AvgIpc) is 2.54. The predicted octanol–water partition coefficient (Wildman–Crippen LogP) is 0.630. The van der Waals surface area contributed by atoms with Crippen molar-refractivity contribution in [2.75, 3.05) is 26.7 Å². The number of hydrogen-bond donors (Lipinski definition) is 1. The fourth-order valence-electron chi connectivity index (χ4n) is 2.70. The van der Waals surface area contributed by atoms with E-state index >= 15 is 0 Å². The number of carboxylic acid groups (broad SMARTS) is 1. The lowest BCUT2D eigenvalue weighted by Gasteiger charge is -2.32. The Labute approximate surface area is 135 Å². The number of carbonyl (C=O) groups excluding carboxylic acids is 1. The molecule has 0 saturated carbocycles. The summed E-state index contributed by atoms with van der Waals surface area (Å²) in [7, 11) is -2.21. The van der Waals surface area contributed by atoms with Gasteiger partial charge in [0.25, 0.3) is 0 Å². The van der Waals surface area contributed by atoms with Crippen LogP contribution >= 0.6 is 0 Å². The van der Waals surface area contributed by atoms with Gasteiger partial charge in [-0.2, -0.15) is 4.31 Å². The fraction of sp³-hybridized carbons (Fsp3) is 0.467. The zero-order valence-electron chi connectivity index (χ0n) is 12.9. The first-order chi connectivity index (χ1) is 10.8. The Balaban J connectivity index is 2.12. The van der Waals surface area contributed by atoms with Crippen molar-refractivity contribution in [1.82, 2.24) is 9.21 Å². The molecule has 0 spiro atoms. The molecule has 1 aliphatic rings. The van der Waals surface area contributed by atoms with Crippen molar-refractivity contribution >= 4 is 21.9 Å². The third-order valence-electron chi connectivity index (χ3n) is 3.86. The van der Waals surface area contributed by atoms with Crippen LogP contribution in [0.5, 0.6) is 0 Å². The lowest BCUT2D eigenvalue weighted by molar-refractivity contribution is -0.145. The minimum Gasteiger partial charge on any atom is -0.480 e. The molecule has 126 valence electrons. The third-order valence-corrected chi connectivity index (χ3v) is 5.74. The predicted molar refractivity (Wildman–Crippen MR) is 83.2 cm³/mol. The highest BCUT2D eigenvalue weighted by Crippen LogP contribution is 2.24. The Kier molecular flexibility index (Phi) is 5.38. The Morgan fingerprint density at radius 1 is 1.30 bits per heavy atom. The van der Waals surface area contributed by atoms with Crippen LogP contribution in [0.2, 0.25) is 0 Å². The number of carbonyl (C=O) groups is 2. The maximum Gasteiger partial charge on any atom is 0.323 e. The van der Waals surface area contributed by atoms with Crippen LogP contribution in [0, 0.1) is 5.92 Å². The van der Waals surface area contributed by atoms with Crippen LogP contribution in [0.3, 0.4) is 0 Å². The van der Waals surface area contributed by atoms with E-state index in [9.17, 15) is 18.0 Å². The van der Waals surface area contributed by atoms with Crippen LogP contribution in [0.15, 0.2) is 35.2 Å². The molecule has 1 heterocycles. The lowest BCUT2D eigenvalue weighted by atomic mass is 9.98. The number of sulfonamides is 1. The Hall–Kier alpha value is -1.93. The summed E-state index contributed by atoms with van der Waals surface area (Å²) in [6, 6.07) is 8.09. The molecule has 7 nitrogen and oxygen atoms in total.